The number of nitro benzene ring substituents is 1. The molecule has 0 aliphatic rings. The maximum Gasteiger partial charge on any atom is 0.269 e. The molecule has 2 heterocycles. The van der Waals surface area contributed by atoms with E-state index in [-0.39, 0.29) is 22.0 Å². The van der Waals surface area contributed by atoms with Crippen molar-refractivity contribution in [1.82, 2.24) is 9.97 Å². The zero-order chi connectivity index (χ0) is 19.9. The number of nitrogen functional groups attached to an aromatic ring is 1. The molecule has 0 spiro atoms. The first-order chi connectivity index (χ1) is 13.4. The summed E-state index contributed by atoms with van der Waals surface area (Å²) in [5.74, 6) is 0. The topological polar surface area (TPSA) is 141 Å². The number of nitrogens with one attached hydrogen (secondary N) is 1. The molecule has 140 valence electrons. The molecule has 0 fully saturated rings. The minimum absolute atomic E-state index is 0.124. The molecule has 2 aromatic heterocycles. The highest BCUT2D eigenvalue weighted by molar-refractivity contribution is 7.92. The van der Waals surface area contributed by atoms with Gasteiger partial charge in [0.25, 0.3) is 15.7 Å². The molecule has 10 heteroatoms. The molecule has 9 nitrogen and oxygen atoms in total. The van der Waals surface area contributed by atoms with E-state index in [1.807, 2.05) is 0 Å². The molecule has 0 amide bonds. The van der Waals surface area contributed by atoms with Gasteiger partial charge in [-0.15, -0.1) is 0 Å². The normalized spacial score (nSPS) is 11.6. The van der Waals surface area contributed by atoms with Gasteiger partial charge < -0.3 is 5.73 Å². The van der Waals surface area contributed by atoms with E-state index < -0.39 is 14.9 Å². The van der Waals surface area contributed by atoms with Crippen molar-refractivity contribution in [2.45, 2.75) is 4.90 Å². The van der Waals surface area contributed by atoms with Gasteiger partial charge in [0.15, 0.2) is 0 Å². The molecule has 0 saturated carbocycles. The minimum Gasteiger partial charge on any atom is -0.396 e. The van der Waals surface area contributed by atoms with Crippen molar-refractivity contribution in [2.24, 2.45) is 0 Å². The molecule has 0 aliphatic heterocycles. The quantitative estimate of drug-likeness (QED) is 0.178. The molecule has 0 saturated heterocycles. The van der Waals surface area contributed by atoms with Crippen molar-refractivity contribution < 1.29 is 13.3 Å². The summed E-state index contributed by atoms with van der Waals surface area (Å²) in [6, 6.07) is 11.4. The molecular weight excluding hydrogens is 382 g/mol. The number of sulfonamides is 1. The largest absolute Gasteiger partial charge is 0.396 e. The minimum atomic E-state index is -4.04. The maximum absolute atomic E-state index is 12.8. The molecule has 4 aromatic rings. The van der Waals surface area contributed by atoms with E-state index >= 15 is 0 Å². The zero-order valence-corrected chi connectivity index (χ0v) is 15.1. The predicted molar refractivity (Wildman–Crippen MR) is 105 cm³/mol. The van der Waals surface area contributed by atoms with Gasteiger partial charge in [0.2, 0.25) is 0 Å². The number of non-ortho nitro benzene ring substituents is 1. The molecule has 3 N–H and O–H groups in total. The molecular formula is C18H13N5O4S. The number of anilines is 2. The predicted octanol–water partition coefficient (Wildman–Crippen LogP) is 3.07. The Morgan fingerprint density at radius 1 is 0.929 bits per heavy atom. The number of rotatable bonds is 4. The number of aromatic nitrogens is 2. The van der Waals surface area contributed by atoms with Crippen LogP contribution in [0, 0.1) is 10.1 Å². The number of pyridine rings is 2. The molecule has 0 bridgehead atoms. The summed E-state index contributed by atoms with van der Waals surface area (Å²) in [7, 11) is -4.04. The van der Waals surface area contributed by atoms with E-state index in [1.165, 1.54) is 12.1 Å². The lowest BCUT2D eigenvalue weighted by molar-refractivity contribution is -0.384. The van der Waals surface area contributed by atoms with Crippen LogP contribution in [0.3, 0.4) is 0 Å². The molecule has 0 aliphatic carbocycles. The van der Waals surface area contributed by atoms with Crippen LogP contribution in [-0.4, -0.2) is 23.3 Å². The number of fused-ring (bicyclic) bond motifs is 3. The molecule has 0 radical (unpaired) electrons. The first-order valence-corrected chi connectivity index (χ1v) is 9.55. The first kappa shape index (κ1) is 17.6. The summed E-state index contributed by atoms with van der Waals surface area (Å²) in [4.78, 5) is 18.7. The van der Waals surface area contributed by atoms with Crippen molar-refractivity contribution in [3.05, 3.63) is 71.0 Å². The van der Waals surface area contributed by atoms with E-state index in [0.29, 0.717) is 21.8 Å². The SMILES string of the molecule is Nc1c(NS(=O)(=O)c2ccc([N+](=O)[O-])cc2)c2cccnc2c2ncccc12. The lowest BCUT2D eigenvalue weighted by Gasteiger charge is -2.15. The standard InChI is InChI=1S/C18H13N5O4S/c19-15-13-3-1-9-20-17(13)18-14(4-2-10-21-18)16(15)22-28(26,27)12-7-5-11(6-8-12)23(24)25/h1-10,22H,19H2. The van der Waals surface area contributed by atoms with Crippen LogP contribution in [0.2, 0.25) is 0 Å². The third-order valence-corrected chi connectivity index (χ3v) is 5.63. The fourth-order valence-electron chi connectivity index (χ4n) is 2.94. The molecule has 4 rings (SSSR count). The zero-order valence-electron chi connectivity index (χ0n) is 14.2. The highest BCUT2D eigenvalue weighted by Crippen LogP contribution is 2.37. The fraction of sp³-hybridized carbons (Fsp3) is 0. The lowest BCUT2D eigenvalue weighted by Crippen LogP contribution is -2.15. The monoisotopic (exact) mass is 395 g/mol. The summed E-state index contributed by atoms with van der Waals surface area (Å²) in [5.41, 5.74) is 7.52. The smallest absolute Gasteiger partial charge is 0.269 e. The van der Waals surface area contributed by atoms with Crippen molar-refractivity contribution in [1.29, 1.82) is 0 Å². The van der Waals surface area contributed by atoms with Gasteiger partial charge in [-0.2, -0.15) is 0 Å². The second kappa shape index (κ2) is 6.43. The third-order valence-electron chi connectivity index (χ3n) is 4.26. The number of nitrogens with two attached hydrogens (primary N) is 1. The molecule has 2 aromatic carbocycles. The average Bonchev–Trinajstić information content (AvgIpc) is 2.71. The number of hydrogen-bond acceptors (Lipinski definition) is 7. The average molecular weight is 395 g/mol. The van der Waals surface area contributed by atoms with Crippen LogP contribution in [-0.2, 0) is 10.0 Å². The van der Waals surface area contributed by atoms with E-state index in [4.69, 9.17) is 5.73 Å². The van der Waals surface area contributed by atoms with Crippen LogP contribution < -0.4 is 10.5 Å². The highest BCUT2D eigenvalue weighted by Gasteiger charge is 2.21. The Kier molecular flexibility index (Phi) is 4.04. The van der Waals surface area contributed by atoms with Gasteiger partial charge in [-0.05, 0) is 36.4 Å². The number of benzene rings is 2. The molecule has 28 heavy (non-hydrogen) atoms. The van der Waals surface area contributed by atoms with Gasteiger partial charge in [-0.1, -0.05) is 0 Å². The Morgan fingerprint density at radius 2 is 1.50 bits per heavy atom. The van der Waals surface area contributed by atoms with Gasteiger partial charge in [-0.25, -0.2) is 8.42 Å². The second-order valence-corrected chi connectivity index (χ2v) is 7.63. The van der Waals surface area contributed by atoms with Crippen molar-refractivity contribution in [2.75, 3.05) is 10.5 Å². The summed E-state index contributed by atoms with van der Waals surface area (Å²) in [5, 5.41) is 11.8. The summed E-state index contributed by atoms with van der Waals surface area (Å²) < 4.78 is 28.2. The van der Waals surface area contributed by atoms with Crippen LogP contribution in [0.1, 0.15) is 0 Å². The van der Waals surface area contributed by atoms with Crippen LogP contribution in [0.4, 0.5) is 17.1 Å². The van der Waals surface area contributed by atoms with Crippen LogP contribution in [0.15, 0.2) is 65.8 Å². The number of nitro groups is 1. The Balaban J connectivity index is 1.89. The molecule has 0 unspecified atom stereocenters. The first-order valence-electron chi connectivity index (χ1n) is 8.06. The highest BCUT2D eigenvalue weighted by atomic mass is 32.2. The molecule has 0 atom stereocenters. The van der Waals surface area contributed by atoms with E-state index in [0.717, 1.165) is 12.1 Å². The van der Waals surface area contributed by atoms with Gasteiger partial charge in [0, 0.05) is 35.3 Å². The van der Waals surface area contributed by atoms with Crippen LogP contribution in [0.25, 0.3) is 21.8 Å². The summed E-state index contributed by atoms with van der Waals surface area (Å²) in [6.07, 6.45) is 3.19. The van der Waals surface area contributed by atoms with Gasteiger partial charge in [0.05, 0.1) is 32.2 Å². The summed E-state index contributed by atoms with van der Waals surface area (Å²) >= 11 is 0. The fourth-order valence-corrected chi connectivity index (χ4v) is 4.04. The number of hydrogen-bond donors (Lipinski definition) is 2. The Bertz CT molecular complexity index is 1340. The van der Waals surface area contributed by atoms with Crippen molar-refractivity contribution >= 4 is 48.9 Å². The Labute approximate surface area is 159 Å². The van der Waals surface area contributed by atoms with E-state index in [1.54, 1.807) is 36.7 Å². The number of nitrogens with zero attached hydrogens (tertiary/aromatic N) is 3. The lowest BCUT2D eigenvalue weighted by atomic mass is 10.1. The van der Waals surface area contributed by atoms with Crippen LogP contribution in [0.5, 0.6) is 0 Å². The third kappa shape index (κ3) is 2.85. The summed E-state index contributed by atoms with van der Waals surface area (Å²) in [6.45, 7) is 0. The van der Waals surface area contributed by atoms with Crippen LogP contribution >= 0.6 is 0 Å². The van der Waals surface area contributed by atoms with Crippen molar-refractivity contribution in [3.63, 3.8) is 0 Å². The second-order valence-electron chi connectivity index (χ2n) is 5.94. The van der Waals surface area contributed by atoms with Gasteiger partial charge >= 0.3 is 0 Å². The Morgan fingerprint density at radius 3 is 2.11 bits per heavy atom. The van der Waals surface area contributed by atoms with Crippen molar-refractivity contribution in [3.8, 4) is 0 Å². The van der Waals surface area contributed by atoms with Gasteiger partial charge in [0.1, 0.15) is 0 Å². The van der Waals surface area contributed by atoms with E-state index in [9.17, 15) is 18.5 Å². The maximum atomic E-state index is 12.8. The Hall–Kier alpha value is -3.79. The van der Waals surface area contributed by atoms with E-state index in [2.05, 4.69) is 14.7 Å². The van der Waals surface area contributed by atoms with Gasteiger partial charge in [-0.3, -0.25) is 24.8 Å².